The van der Waals surface area contributed by atoms with Gasteiger partial charge in [-0.3, -0.25) is 0 Å². The highest BCUT2D eigenvalue weighted by Gasteiger charge is 2.06. The van der Waals surface area contributed by atoms with Crippen molar-refractivity contribution in [3.63, 3.8) is 0 Å². The molecule has 0 radical (unpaired) electrons. The molecule has 2 rings (SSSR count). The number of benzene rings is 2. The second kappa shape index (κ2) is 7.07. The Bertz CT molecular complexity index is 579. The third-order valence-corrected chi connectivity index (χ3v) is 3.57. The Morgan fingerprint density at radius 3 is 2.55 bits per heavy atom. The normalized spacial score (nSPS) is 10.8. The number of hydrogen-bond donors (Lipinski definition) is 1. The Morgan fingerprint density at radius 1 is 1.05 bits per heavy atom. The summed E-state index contributed by atoms with van der Waals surface area (Å²) in [6.07, 6.45) is 1.07. The summed E-state index contributed by atoms with van der Waals surface area (Å²) < 4.78 is 13.4. The van der Waals surface area contributed by atoms with Gasteiger partial charge in [0.25, 0.3) is 0 Å². The molecule has 0 spiro atoms. The van der Waals surface area contributed by atoms with Gasteiger partial charge in [-0.1, -0.05) is 36.2 Å². The first-order valence-electron chi connectivity index (χ1n) is 6.55. The third kappa shape index (κ3) is 3.95. The molecule has 4 heteroatoms. The zero-order chi connectivity index (χ0) is 14.5. The van der Waals surface area contributed by atoms with E-state index in [0.717, 1.165) is 29.7 Å². The summed E-state index contributed by atoms with van der Waals surface area (Å²) in [6.45, 7) is 3.75. The van der Waals surface area contributed by atoms with Crippen molar-refractivity contribution in [1.82, 2.24) is 5.32 Å². The molecule has 0 aliphatic heterocycles. The molecule has 20 heavy (non-hydrogen) atoms. The lowest BCUT2D eigenvalue weighted by molar-refractivity contribution is 0.628. The highest BCUT2D eigenvalue weighted by atomic mass is 35.5. The maximum absolute atomic E-state index is 13.4. The van der Waals surface area contributed by atoms with E-state index in [0.29, 0.717) is 16.6 Å². The minimum atomic E-state index is -0.340. The van der Waals surface area contributed by atoms with Gasteiger partial charge in [0, 0.05) is 16.6 Å². The van der Waals surface area contributed by atoms with Gasteiger partial charge in [-0.2, -0.15) is 0 Å². The summed E-state index contributed by atoms with van der Waals surface area (Å²) in [6, 6.07) is 10.2. The van der Waals surface area contributed by atoms with Crippen LogP contribution in [0.3, 0.4) is 0 Å². The Balaban J connectivity index is 2.30. The van der Waals surface area contributed by atoms with Crippen LogP contribution in [0.5, 0.6) is 0 Å². The van der Waals surface area contributed by atoms with Gasteiger partial charge < -0.3 is 5.32 Å². The SMILES string of the molecule is CCCNCc1cc(-c2cc(F)cc(Cl)c2)ccc1Cl. The molecule has 0 fully saturated rings. The third-order valence-electron chi connectivity index (χ3n) is 2.98. The molecule has 0 amide bonds. The molecule has 0 aliphatic rings. The lowest BCUT2D eigenvalue weighted by Gasteiger charge is -2.09. The molecule has 0 aromatic heterocycles. The highest BCUT2D eigenvalue weighted by molar-refractivity contribution is 6.31. The maximum atomic E-state index is 13.4. The first-order valence-corrected chi connectivity index (χ1v) is 7.31. The van der Waals surface area contributed by atoms with Crippen molar-refractivity contribution in [3.05, 3.63) is 57.8 Å². The zero-order valence-corrected chi connectivity index (χ0v) is 12.7. The van der Waals surface area contributed by atoms with Crippen molar-refractivity contribution in [1.29, 1.82) is 0 Å². The molecule has 2 aromatic carbocycles. The van der Waals surface area contributed by atoms with Crippen molar-refractivity contribution in [2.45, 2.75) is 19.9 Å². The van der Waals surface area contributed by atoms with Gasteiger partial charge in [-0.15, -0.1) is 0 Å². The number of nitrogens with one attached hydrogen (secondary N) is 1. The number of hydrogen-bond acceptors (Lipinski definition) is 1. The van der Waals surface area contributed by atoms with Gasteiger partial charge in [0.2, 0.25) is 0 Å². The van der Waals surface area contributed by atoms with Crippen LogP contribution < -0.4 is 5.32 Å². The van der Waals surface area contributed by atoms with Crippen LogP contribution in [0.2, 0.25) is 10.0 Å². The molecule has 0 unspecified atom stereocenters. The molecular weight excluding hydrogens is 296 g/mol. The van der Waals surface area contributed by atoms with Gasteiger partial charge >= 0.3 is 0 Å². The van der Waals surface area contributed by atoms with Crippen LogP contribution >= 0.6 is 23.2 Å². The van der Waals surface area contributed by atoms with Crippen molar-refractivity contribution < 1.29 is 4.39 Å². The number of halogens is 3. The van der Waals surface area contributed by atoms with Gasteiger partial charge in [0.1, 0.15) is 5.82 Å². The van der Waals surface area contributed by atoms with Crippen molar-refractivity contribution in [3.8, 4) is 11.1 Å². The van der Waals surface area contributed by atoms with Crippen LogP contribution in [0, 0.1) is 5.82 Å². The summed E-state index contributed by atoms with van der Waals surface area (Å²) in [7, 11) is 0. The molecule has 1 nitrogen and oxygen atoms in total. The first kappa shape index (κ1) is 15.3. The van der Waals surface area contributed by atoms with Gasteiger partial charge in [0.05, 0.1) is 0 Å². The number of rotatable bonds is 5. The Morgan fingerprint density at radius 2 is 1.85 bits per heavy atom. The fourth-order valence-corrected chi connectivity index (χ4v) is 2.42. The fraction of sp³-hybridized carbons (Fsp3) is 0.250. The maximum Gasteiger partial charge on any atom is 0.125 e. The Labute approximate surface area is 128 Å². The van der Waals surface area contributed by atoms with Crippen molar-refractivity contribution >= 4 is 23.2 Å². The quantitative estimate of drug-likeness (QED) is 0.739. The van der Waals surface area contributed by atoms with Crippen LogP contribution in [0.4, 0.5) is 4.39 Å². The first-order chi connectivity index (χ1) is 9.60. The molecule has 0 aliphatic carbocycles. The van der Waals surface area contributed by atoms with Crippen LogP contribution in [-0.4, -0.2) is 6.54 Å². The lowest BCUT2D eigenvalue weighted by Crippen LogP contribution is -2.14. The Kier molecular flexibility index (Phi) is 5.41. The van der Waals surface area contributed by atoms with Crippen LogP contribution in [0.1, 0.15) is 18.9 Å². The lowest BCUT2D eigenvalue weighted by atomic mass is 10.0. The van der Waals surface area contributed by atoms with E-state index in [4.69, 9.17) is 23.2 Å². The summed E-state index contributed by atoms with van der Waals surface area (Å²) in [5.74, 6) is -0.340. The molecule has 0 saturated carbocycles. The monoisotopic (exact) mass is 311 g/mol. The molecule has 1 N–H and O–H groups in total. The minimum Gasteiger partial charge on any atom is -0.313 e. The zero-order valence-electron chi connectivity index (χ0n) is 11.2. The Hall–Kier alpha value is -1.09. The second-order valence-electron chi connectivity index (χ2n) is 4.64. The van der Waals surface area contributed by atoms with E-state index in [1.54, 1.807) is 6.07 Å². The fourth-order valence-electron chi connectivity index (χ4n) is 2.01. The highest BCUT2D eigenvalue weighted by Crippen LogP contribution is 2.28. The molecule has 2 aromatic rings. The van der Waals surface area contributed by atoms with E-state index < -0.39 is 0 Å². The summed E-state index contributed by atoms with van der Waals surface area (Å²) in [5.41, 5.74) is 2.66. The minimum absolute atomic E-state index is 0.340. The van der Waals surface area contributed by atoms with E-state index in [-0.39, 0.29) is 5.82 Å². The molecule has 0 atom stereocenters. The van der Waals surface area contributed by atoms with E-state index in [2.05, 4.69) is 12.2 Å². The largest absolute Gasteiger partial charge is 0.313 e. The van der Waals surface area contributed by atoms with Gasteiger partial charge in [0.15, 0.2) is 0 Å². The van der Waals surface area contributed by atoms with Gasteiger partial charge in [-0.05, 0) is 60.0 Å². The second-order valence-corrected chi connectivity index (χ2v) is 5.48. The molecular formula is C16H16Cl2FN. The van der Waals surface area contributed by atoms with E-state index in [1.165, 1.54) is 12.1 Å². The predicted octanol–water partition coefficient (Wildman–Crippen LogP) is 5.30. The van der Waals surface area contributed by atoms with E-state index in [1.807, 2.05) is 18.2 Å². The molecule has 0 bridgehead atoms. The molecule has 0 heterocycles. The van der Waals surface area contributed by atoms with Crippen molar-refractivity contribution in [2.75, 3.05) is 6.54 Å². The van der Waals surface area contributed by atoms with Crippen LogP contribution in [0.25, 0.3) is 11.1 Å². The predicted molar refractivity (Wildman–Crippen MR) is 83.9 cm³/mol. The standard InChI is InChI=1S/C16H16Cl2FN/c1-2-5-20-10-13-6-11(3-4-16(13)18)12-7-14(17)9-15(19)8-12/h3-4,6-9,20H,2,5,10H2,1H3. The van der Waals surface area contributed by atoms with E-state index >= 15 is 0 Å². The summed E-state index contributed by atoms with van der Waals surface area (Å²) in [4.78, 5) is 0. The van der Waals surface area contributed by atoms with E-state index in [9.17, 15) is 4.39 Å². The topological polar surface area (TPSA) is 12.0 Å². The average Bonchev–Trinajstić information content (AvgIpc) is 2.40. The van der Waals surface area contributed by atoms with Crippen molar-refractivity contribution in [2.24, 2.45) is 0 Å². The molecule has 0 saturated heterocycles. The summed E-state index contributed by atoms with van der Waals surface area (Å²) in [5, 5.41) is 4.41. The molecule has 106 valence electrons. The van der Waals surface area contributed by atoms with Crippen LogP contribution in [-0.2, 0) is 6.54 Å². The average molecular weight is 312 g/mol. The van der Waals surface area contributed by atoms with Gasteiger partial charge in [-0.25, -0.2) is 4.39 Å². The van der Waals surface area contributed by atoms with Crippen LogP contribution in [0.15, 0.2) is 36.4 Å². The smallest absolute Gasteiger partial charge is 0.125 e. The summed E-state index contributed by atoms with van der Waals surface area (Å²) >= 11 is 12.1.